The molecule has 4 heteroatoms. The monoisotopic (exact) mass is 196 g/mol. The number of rotatable bonds is 3. The summed E-state index contributed by atoms with van der Waals surface area (Å²) in [5.74, 6) is -0.217. The first kappa shape index (κ1) is 10.8. The fraction of sp³-hybridized carbons (Fsp3) is 0.600. The molecular weight excluding hydrogens is 180 g/mol. The van der Waals surface area contributed by atoms with Gasteiger partial charge in [0.15, 0.2) is 0 Å². The van der Waals surface area contributed by atoms with E-state index >= 15 is 0 Å². The molecule has 0 aromatic carbocycles. The van der Waals surface area contributed by atoms with Crippen LogP contribution in [-0.2, 0) is 16.1 Å². The zero-order chi connectivity index (χ0) is 10.8. The molecule has 0 saturated carbocycles. The minimum atomic E-state index is -0.535. The van der Waals surface area contributed by atoms with E-state index in [1.807, 2.05) is 33.0 Å². The van der Waals surface area contributed by atoms with E-state index in [1.165, 1.54) is 7.11 Å². The molecule has 0 amide bonds. The van der Waals surface area contributed by atoms with Gasteiger partial charge in [-0.2, -0.15) is 5.10 Å². The first-order valence-electron chi connectivity index (χ1n) is 4.54. The summed E-state index contributed by atoms with van der Waals surface area (Å²) < 4.78 is 6.47. The van der Waals surface area contributed by atoms with E-state index in [-0.39, 0.29) is 5.97 Å². The molecule has 1 rings (SSSR count). The second-order valence-corrected chi connectivity index (χ2v) is 4.03. The predicted octanol–water partition coefficient (Wildman–Crippen LogP) is 1.39. The summed E-state index contributed by atoms with van der Waals surface area (Å²) in [5, 5.41) is 4.22. The van der Waals surface area contributed by atoms with Crippen LogP contribution < -0.4 is 0 Å². The van der Waals surface area contributed by atoms with Crippen molar-refractivity contribution in [2.24, 2.45) is 5.41 Å². The lowest BCUT2D eigenvalue weighted by Gasteiger charge is -2.20. The summed E-state index contributed by atoms with van der Waals surface area (Å²) in [6, 6.07) is 1.91. The first-order valence-corrected chi connectivity index (χ1v) is 4.54. The number of nitrogens with zero attached hydrogens (tertiary/aromatic N) is 2. The van der Waals surface area contributed by atoms with Gasteiger partial charge < -0.3 is 4.74 Å². The highest BCUT2D eigenvalue weighted by Crippen LogP contribution is 2.19. The molecule has 0 saturated heterocycles. The van der Waals surface area contributed by atoms with Crippen LogP contribution in [0, 0.1) is 12.3 Å². The molecule has 0 spiro atoms. The molecule has 0 aliphatic rings. The van der Waals surface area contributed by atoms with Crippen LogP contribution in [0.25, 0.3) is 0 Å². The molecule has 0 N–H and O–H groups in total. The smallest absolute Gasteiger partial charge is 0.313 e. The summed E-state index contributed by atoms with van der Waals surface area (Å²) in [6.07, 6.45) is 1.86. The van der Waals surface area contributed by atoms with Gasteiger partial charge >= 0.3 is 5.97 Å². The van der Waals surface area contributed by atoms with E-state index in [9.17, 15) is 4.79 Å². The Bertz CT molecular complexity index is 329. The molecule has 1 heterocycles. The minimum Gasteiger partial charge on any atom is -0.469 e. The second kappa shape index (κ2) is 3.82. The Hall–Kier alpha value is -1.32. The van der Waals surface area contributed by atoms with Gasteiger partial charge in [0.2, 0.25) is 0 Å². The maximum Gasteiger partial charge on any atom is 0.313 e. The van der Waals surface area contributed by atoms with Crippen molar-refractivity contribution in [3.63, 3.8) is 0 Å². The van der Waals surface area contributed by atoms with Crippen molar-refractivity contribution in [3.8, 4) is 0 Å². The maximum atomic E-state index is 11.4. The Kier molecular flexibility index (Phi) is 2.93. The lowest BCUT2D eigenvalue weighted by atomic mass is 9.94. The van der Waals surface area contributed by atoms with Crippen molar-refractivity contribution in [2.75, 3.05) is 7.11 Å². The van der Waals surface area contributed by atoms with Crippen LogP contribution in [0.2, 0.25) is 0 Å². The van der Waals surface area contributed by atoms with Crippen LogP contribution in [0.3, 0.4) is 0 Å². The van der Waals surface area contributed by atoms with Crippen LogP contribution in [0.5, 0.6) is 0 Å². The number of esters is 1. The molecule has 0 radical (unpaired) electrons. The molecule has 1 aromatic heterocycles. The fourth-order valence-electron chi connectivity index (χ4n) is 1.30. The largest absolute Gasteiger partial charge is 0.469 e. The van der Waals surface area contributed by atoms with E-state index in [2.05, 4.69) is 5.10 Å². The summed E-state index contributed by atoms with van der Waals surface area (Å²) in [7, 11) is 1.40. The zero-order valence-electron chi connectivity index (χ0n) is 9.07. The lowest BCUT2D eigenvalue weighted by molar-refractivity contribution is -0.151. The number of aryl methyl sites for hydroxylation is 1. The second-order valence-electron chi connectivity index (χ2n) is 4.03. The van der Waals surface area contributed by atoms with Gasteiger partial charge in [-0.1, -0.05) is 0 Å². The van der Waals surface area contributed by atoms with E-state index < -0.39 is 5.41 Å². The van der Waals surface area contributed by atoms with E-state index in [0.29, 0.717) is 6.54 Å². The van der Waals surface area contributed by atoms with Crippen molar-refractivity contribution in [3.05, 3.63) is 18.0 Å². The Labute approximate surface area is 83.9 Å². The third-order valence-corrected chi connectivity index (χ3v) is 2.07. The normalized spacial score (nSPS) is 11.4. The molecule has 0 aliphatic heterocycles. The molecule has 1 aromatic rings. The average Bonchev–Trinajstić information content (AvgIpc) is 2.48. The van der Waals surface area contributed by atoms with Gasteiger partial charge in [-0.15, -0.1) is 0 Å². The molecule has 0 atom stereocenters. The number of hydrogen-bond donors (Lipinski definition) is 0. The summed E-state index contributed by atoms with van der Waals surface area (Å²) in [4.78, 5) is 11.4. The standard InChI is InChI=1S/C10H16N2O2/c1-8-5-6-12(11-8)7-10(2,3)9(13)14-4/h5-6H,7H2,1-4H3. The van der Waals surface area contributed by atoms with Crippen molar-refractivity contribution in [2.45, 2.75) is 27.3 Å². The molecular formula is C10H16N2O2. The highest BCUT2D eigenvalue weighted by Gasteiger charge is 2.29. The van der Waals surface area contributed by atoms with Crippen molar-refractivity contribution >= 4 is 5.97 Å². The quantitative estimate of drug-likeness (QED) is 0.686. The number of hydrogen-bond acceptors (Lipinski definition) is 3. The van der Waals surface area contributed by atoms with Crippen LogP contribution in [0.15, 0.2) is 12.3 Å². The fourth-order valence-corrected chi connectivity index (χ4v) is 1.30. The van der Waals surface area contributed by atoms with Crippen LogP contribution in [-0.4, -0.2) is 22.9 Å². The Morgan fingerprint density at radius 1 is 1.64 bits per heavy atom. The predicted molar refractivity (Wildman–Crippen MR) is 52.8 cm³/mol. The Balaban J connectivity index is 2.72. The maximum absolute atomic E-state index is 11.4. The average molecular weight is 196 g/mol. The molecule has 0 unspecified atom stereocenters. The molecule has 14 heavy (non-hydrogen) atoms. The van der Waals surface area contributed by atoms with E-state index in [0.717, 1.165) is 5.69 Å². The van der Waals surface area contributed by atoms with Crippen LogP contribution >= 0.6 is 0 Å². The third kappa shape index (κ3) is 2.34. The van der Waals surface area contributed by atoms with E-state index in [1.54, 1.807) is 4.68 Å². The van der Waals surface area contributed by atoms with Crippen molar-refractivity contribution in [1.29, 1.82) is 0 Å². The van der Waals surface area contributed by atoms with Crippen molar-refractivity contribution in [1.82, 2.24) is 9.78 Å². The van der Waals surface area contributed by atoms with Gasteiger partial charge in [0.05, 0.1) is 24.8 Å². The molecule has 0 aliphatic carbocycles. The summed E-state index contributed by atoms with van der Waals surface area (Å²) >= 11 is 0. The number of carbonyl (C=O) groups excluding carboxylic acids is 1. The van der Waals surface area contributed by atoms with Crippen LogP contribution in [0.1, 0.15) is 19.5 Å². The van der Waals surface area contributed by atoms with Gasteiger partial charge in [0, 0.05) is 6.20 Å². The summed E-state index contributed by atoms with van der Waals surface area (Å²) in [5.41, 5.74) is 0.415. The van der Waals surface area contributed by atoms with Crippen molar-refractivity contribution < 1.29 is 9.53 Å². The summed E-state index contributed by atoms with van der Waals surface area (Å²) in [6.45, 7) is 6.14. The molecule has 0 bridgehead atoms. The highest BCUT2D eigenvalue weighted by molar-refractivity contribution is 5.75. The number of carbonyl (C=O) groups is 1. The van der Waals surface area contributed by atoms with Gasteiger partial charge in [0.25, 0.3) is 0 Å². The number of aromatic nitrogens is 2. The lowest BCUT2D eigenvalue weighted by Crippen LogP contribution is -2.30. The van der Waals surface area contributed by atoms with Gasteiger partial charge in [-0.25, -0.2) is 0 Å². The van der Waals surface area contributed by atoms with Gasteiger partial charge in [-0.3, -0.25) is 9.48 Å². The van der Waals surface area contributed by atoms with E-state index in [4.69, 9.17) is 4.74 Å². The third-order valence-electron chi connectivity index (χ3n) is 2.07. The number of ether oxygens (including phenoxy) is 1. The van der Waals surface area contributed by atoms with Gasteiger partial charge in [0.1, 0.15) is 0 Å². The topological polar surface area (TPSA) is 44.1 Å². The molecule has 4 nitrogen and oxygen atoms in total. The highest BCUT2D eigenvalue weighted by atomic mass is 16.5. The molecule has 78 valence electrons. The SMILES string of the molecule is COC(=O)C(C)(C)Cn1ccc(C)n1. The molecule has 0 fully saturated rings. The first-order chi connectivity index (χ1) is 6.45. The Morgan fingerprint density at radius 3 is 2.71 bits per heavy atom. The van der Waals surface area contributed by atoms with Crippen LogP contribution in [0.4, 0.5) is 0 Å². The number of methoxy groups -OCH3 is 1. The zero-order valence-corrected chi connectivity index (χ0v) is 9.07. The Morgan fingerprint density at radius 2 is 2.29 bits per heavy atom. The van der Waals surface area contributed by atoms with Gasteiger partial charge in [-0.05, 0) is 26.8 Å². The minimum absolute atomic E-state index is 0.217.